The molecule has 0 saturated carbocycles. The van der Waals surface area contributed by atoms with Gasteiger partial charge in [-0.05, 0) is 36.4 Å². The second-order valence-corrected chi connectivity index (χ2v) is 4.75. The van der Waals surface area contributed by atoms with Crippen molar-refractivity contribution in [2.24, 2.45) is 4.99 Å². The molecule has 3 heteroatoms. The van der Waals surface area contributed by atoms with Crippen LogP contribution in [0.4, 0.5) is 0 Å². The molecular weight excluding hydrogens is 250 g/mol. The number of aliphatic hydroxyl groups is 1. The number of nitrogens with zero attached hydrogens (tertiary/aromatic N) is 1. The van der Waals surface area contributed by atoms with Crippen molar-refractivity contribution in [1.82, 2.24) is 0 Å². The molecule has 0 aliphatic heterocycles. The molecule has 0 radical (unpaired) electrons. The van der Waals surface area contributed by atoms with Gasteiger partial charge >= 0.3 is 0 Å². The number of aromatic hydroxyl groups is 1. The molecule has 0 aliphatic rings. The van der Waals surface area contributed by atoms with E-state index in [1.807, 2.05) is 36.4 Å². The van der Waals surface area contributed by atoms with E-state index in [4.69, 9.17) is 0 Å². The molecule has 104 valence electrons. The van der Waals surface area contributed by atoms with Crippen molar-refractivity contribution in [1.29, 1.82) is 0 Å². The summed E-state index contributed by atoms with van der Waals surface area (Å²) in [7, 11) is 0. The van der Waals surface area contributed by atoms with Gasteiger partial charge in [0.05, 0.1) is 6.61 Å². The van der Waals surface area contributed by atoms with Crippen molar-refractivity contribution in [2.75, 3.05) is 6.54 Å². The van der Waals surface area contributed by atoms with Gasteiger partial charge in [-0.3, -0.25) is 0 Å². The van der Waals surface area contributed by atoms with E-state index in [-0.39, 0.29) is 18.3 Å². The lowest BCUT2D eigenvalue weighted by molar-refractivity contribution is 0.281. The van der Waals surface area contributed by atoms with Gasteiger partial charge in [-0.15, -0.1) is 0 Å². The average Bonchev–Trinajstić information content (AvgIpc) is 2.50. The summed E-state index contributed by atoms with van der Waals surface area (Å²) in [5.41, 5.74) is 2.75. The Hall–Kier alpha value is -2.13. The number of rotatable bonds is 6. The molecule has 0 fully saturated rings. The number of benzene rings is 2. The van der Waals surface area contributed by atoms with E-state index in [1.165, 1.54) is 0 Å². The fraction of sp³-hybridized carbons (Fsp3) is 0.235. The Kier molecular flexibility index (Phi) is 4.91. The fourth-order valence-electron chi connectivity index (χ4n) is 2.39. The smallest absolute Gasteiger partial charge is 0.119 e. The molecule has 3 nitrogen and oxygen atoms in total. The second kappa shape index (κ2) is 6.87. The van der Waals surface area contributed by atoms with Crippen LogP contribution >= 0.6 is 0 Å². The van der Waals surface area contributed by atoms with Crippen LogP contribution in [-0.4, -0.2) is 23.5 Å². The maximum atomic E-state index is 10.1. The van der Waals surface area contributed by atoms with E-state index in [2.05, 4.69) is 11.7 Å². The second-order valence-electron chi connectivity index (χ2n) is 4.75. The topological polar surface area (TPSA) is 52.8 Å². The van der Waals surface area contributed by atoms with E-state index < -0.39 is 0 Å². The largest absolute Gasteiger partial charge is 0.508 e. The molecule has 2 aromatic rings. The van der Waals surface area contributed by atoms with Crippen LogP contribution in [0.1, 0.15) is 29.0 Å². The zero-order valence-corrected chi connectivity index (χ0v) is 11.4. The summed E-state index contributed by atoms with van der Waals surface area (Å²) in [6, 6.07) is 15.2. The van der Waals surface area contributed by atoms with Crippen molar-refractivity contribution < 1.29 is 10.2 Å². The summed E-state index contributed by atoms with van der Waals surface area (Å²) >= 11 is 0. The highest BCUT2D eigenvalue weighted by atomic mass is 16.3. The van der Waals surface area contributed by atoms with Gasteiger partial charge in [0, 0.05) is 18.0 Å². The normalized spacial score (nSPS) is 12.1. The van der Waals surface area contributed by atoms with Gasteiger partial charge in [-0.25, -0.2) is 0 Å². The minimum Gasteiger partial charge on any atom is -0.508 e. The van der Waals surface area contributed by atoms with Crippen molar-refractivity contribution in [3.05, 3.63) is 65.2 Å². The minimum absolute atomic E-state index is 0.0332. The maximum absolute atomic E-state index is 10.1. The monoisotopic (exact) mass is 269 g/mol. The Morgan fingerprint density at radius 3 is 2.50 bits per heavy atom. The van der Waals surface area contributed by atoms with Crippen LogP contribution in [0.25, 0.3) is 0 Å². The van der Waals surface area contributed by atoms with Crippen molar-refractivity contribution in [2.45, 2.75) is 18.9 Å². The molecule has 2 rings (SSSR count). The van der Waals surface area contributed by atoms with E-state index >= 15 is 0 Å². The third kappa shape index (κ3) is 3.25. The van der Waals surface area contributed by atoms with E-state index in [1.54, 1.807) is 12.1 Å². The zero-order valence-electron chi connectivity index (χ0n) is 11.4. The molecule has 0 heterocycles. The standard InChI is InChI=1S/C17H19NO2/c1-18-10-9-15(14-5-3-2-4-6-14)16-11-13(12-19)7-8-17(16)20/h2-8,11,15,19-20H,1,9-10,12H2. The van der Waals surface area contributed by atoms with Gasteiger partial charge in [0.1, 0.15) is 5.75 Å². The van der Waals surface area contributed by atoms with E-state index in [0.29, 0.717) is 6.54 Å². The molecule has 2 N–H and O–H groups in total. The quantitative estimate of drug-likeness (QED) is 0.792. The molecule has 0 aliphatic carbocycles. The number of phenolic OH excluding ortho intramolecular Hbond substituents is 1. The Morgan fingerprint density at radius 2 is 1.85 bits per heavy atom. The van der Waals surface area contributed by atoms with Crippen molar-refractivity contribution >= 4 is 6.72 Å². The van der Waals surface area contributed by atoms with Gasteiger partial charge in [0.2, 0.25) is 0 Å². The minimum atomic E-state index is -0.0332. The molecule has 1 atom stereocenters. The molecule has 0 spiro atoms. The molecule has 20 heavy (non-hydrogen) atoms. The van der Waals surface area contributed by atoms with Crippen LogP contribution in [0.2, 0.25) is 0 Å². The number of aliphatic hydroxyl groups excluding tert-OH is 1. The molecule has 2 aromatic carbocycles. The zero-order chi connectivity index (χ0) is 14.4. The fourth-order valence-corrected chi connectivity index (χ4v) is 2.39. The molecule has 0 amide bonds. The highest BCUT2D eigenvalue weighted by Gasteiger charge is 2.17. The molecule has 1 unspecified atom stereocenters. The van der Waals surface area contributed by atoms with Crippen LogP contribution in [0.5, 0.6) is 5.75 Å². The predicted octanol–water partition coefficient (Wildman–Crippen LogP) is 3.11. The first-order valence-corrected chi connectivity index (χ1v) is 6.66. The highest BCUT2D eigenvalue weighted by molar-refractivity contribution is 5.43. The molecule has 0 saturated heterocycles. The first kappa shape index (κ1) is 14.3. The summed E-state index contributed by atoms with van der Waals surface area (Å²) in [4.78, 5) is 3.92. The number of phenols is 1. The van der Waals surface area contributed by atoms with Gasteiger partial charge < -0.3 is 15.2 Å². The molecule has 0 bridgehead atoms. The van der Waals surface area contributed by atoms with Gasteiger partial charge in [-0.1, -0.05) is 36.4 Å². The summed E-state index contributed by atoms with van der Waals surface area (Å²) in [5.74, 6) is 0.299. The maximum Gasteiger partial charge on any atom is 0.119 e. The Balaban J connectivity index is 2.43. The predicted molar refractivity (Wildman–Crippen MR) is 81.3 cm³/mol. The van der Waals surface area contributed by atoms with Crippen molar-refractivity contribution in [3.8, 4) is 5.75 Å². The Labute approximate surface area is 119 Å². The Morgan fingerprint density at radius 1 is 1.10 bits per heavy atom. The summed E-state index contributed by atoms with van der Waals surface area (Å²) in [5, 5.41) is 19.4. The van der Waals surface area contributed by atoms with Crippen LogP contribution < -0.4 is 0 Å². The lowest BCUT2D eigenvalue weighted by atomic mass is 9.87. The van der Waals surface area contributed by atoms with Crippen molar-refractivity contribution in [3.63, 3.8) is 0 Å². The summed E-state index contributed by atoms with van der Waals surface area (Å²) in [6.07, 6.45) is 0.774. The van der Waals surface area contributed by atoms with Gasteiger partial charge in [-0.2, -0.15) is 0 Å². The van der Waals surface area contributed by atoms with Crippen LogP contribution in [0, 0.1) is 0 Å². The summed E-state index contributed by atoms with van der Waals surface area (Å²) in [6.45, 7) is 4.12. The first-order chi connectivity index (χ1) is 9.76. The van der Waals surface area contributed by atoms with E-state index in [9.17, 15) is 10.2 Å². The lowest BCUT2D eigenvalue weighted by Crippen LogP contribution is -2.04. The third-order valence-corrected chi connectivity index (χ3v) is 3.43. The SMILES string of the molecule is C=NCCC(c1ccccc1)c1cc(CO)ccc1O. The van der Waals surface area contributed by atoms with Crippen LogP contribution in [0.3, 0.4) is 0 Å². The summed E-state index contributed by atoms with van der Waals surface area (Å²) < 4.78 is 0. The number of hydrogen-bond acceptors (Lipinski definition) is 3. The number of hydrogen-bond donors (Lipinski definition) is 2. The van der Waals surface area contributed by atoms with Gasteiger partial charge in [0.25, 0.3) is 0 Å². The molecule has 0 aromatic heterocycles. The highest BCUT2D eigenvalue weighted by Crippen LogP contribution is 2.34. The lowest BCUT2D eigenvalue weighted by Gasteiger charge is -2.19. The third-order valence-electron chi connectivity index (χ3n) is 3.43. The first-order valence-electron chi connectivity index (χ1n) is 6.66. The van der Waals surface area contributed by atoms with E-state index in [0.717, 1.165) is 23.1 Å². The van der Waals surface area contributed by atoms with Crippen LogP contribution in [-0.2, 0) is 6.61 Å². The average molecular weight is 269 g/mol. The van der Waals surface area contributed by atoms with Gasteiger partial charge in [0.15, 0.2) is 0 Å². The van der Waals surface area contributed by atoms with Crippen LogP contribution in [0.15, 0.2) is 53.5 Å². The number of aliphatic imine (C=N–C) groups is 1. The Bertz CT molecular complexity index is 566. The molecular formula is C17H19NO2.